The Morgan fingerprint density at radius 2 is 1.84 bits per heavy atom. The van der Waals surface area contributed by atoms with E-state index in [0.717, 1.165) is 5.39 Å². The van der Waals surface area contributed by atoms with Gasteiger partial charge in [0.15, 0.2) is 0 Å². The summed E-state index contributed by atoms with van der Waals surface area (Å²) in [5.74, 6) is -0.930. The predicted octanol–water partition coefficient (Wildman–Crippen LogP) is 1.36. The highest BCUT2D eigenvalue weighted by Crippen LogP contribution is 2.26. The van der Waals surface area contributed by atoms with Gasteiger partial charge in [0, 0.05) is 44.1 Å². The van der Waals surface area contributed by atoms with Crippen molar-refractivity contribution in [1.82, 2.24) is 20.1 Å². The number of amides is 3. The van der Waals surface area contributed by atoms with E-state index < -0.39 is 24.0 Å². The minimum absolute atomic E-state index is 0.0313. The molecule has 2 atom stereocenters. The van der Waals surface area contributed by atoms with Crippen LogP contribution in [0.25, 0.3) is 10.9 Å². The number of ether oxygens (including phenoxy) is 4. The van der Waals surface area contributed by atoms with E-state index in [2.05, 4.69) is 10.3 Å². The van der Waals surface area contributed by atoms with Crippen molar-refractivity contribution in [2.45, 2.75) is 31.9 Å². The largest absolute Gasteiger partial charge is 0.490 e. The monoisotopic (exact) mass is 528 g/mol. The molecule has 3 amide bonds. The molecule has 4 rings (SSSR count). The molecule has 2 unspecified atom stereocenters. The van der Waals surface area contributed by atoms with E-state index in [0.29, 0.717) is 37.6 Å². The molecule has 0 aliphatic carbocycles. The van der Waals surface area contributed by atoms with Gasteiger partial charge in [0.25, 0.3) is 5.91 Å². The molecule has 1 aromatic heterocycles. The van der Waals surface area contributed by atoms with Crippen molar-refractivity contribution in [1.29, 1.82) is 0 Å². The van der Waals surface area contributed by atoms with Gasteiger partial charge >= 0.3 is 12.1 Å². The van der Waals surface area contributed by atoms with Gasteiger partial charge in [-0.2, -0.15) is 0 Å². The molecular formula is C26H32N4O8. The van der Waals surface area contributed by atoms with Crippen molar-refractivity contribution in [3.63, 3.8) is 0 Å². The number of para-hydroxylation sites is 1. The minimum atomic E-state index is -0.992. The number of carbonyl (C=O) groups excluding carboxylic acids is 4. The Hall–Kier alpha value is -3.93. The maximum atomic E-state index is 13.4. The molecule has 38 heavy (non-hydrogen) atoms. The van der Waals surface area contributed by atoms with Crippen molar-refractivity contribution in [2.75, 3.05) is 53.1 Å². The summed E-state index contributed by atoms with van der Waals surface area (Å²) in [6.07, 6.45) is -0.407. The van der Waals surface area contributed by atoms with E-state index >= 15 is 0 Å². The van der Waals surface area contributed by atoms with Crippen LogP contribution >= 0.6 is 0 Å². The van der Waals surface area contributed by atoms with E-state index in [1.165, 1.54) is 12.0 Å². The van der Waals surface area contributed by atoms with E-state index in [4.69, 9.17) is 18.9 Å². The molecule has 2 aliphatic heterocycles. The summed E-state index contributed by atoms with van der Waals surface area (Å²) in [6, 6.07) is 7.84. The molecule has 1 N–H and O–H groups in total. The number of esters is 1. The van der Waals surface area contributed by atoms with Crippen LogP contribution in [-0.2, 0) is 23.8 Å². The molecule has 0 bridgehead atoms. The molecule has 12 heteroatoms. The van der Waals surface area contributed by atoms with Crippen LogP contribution in [0.4, 0.5) is 4.79 Å². The number of piperazine rings is 1. The van der Waals surface area contributed by atoms with Crippen molar-refractivity contribution >= 4 is 34.8 Å². The first-order valence-electron chi connectivity index (χ1n) is 12.6. The van der Waals surface area contributed by atoms with Crippen molar-refractivity contribution in [2.24, 2.45) is 0 Å². The summed E-state index contributed by atoms with van der Waals surface area (Å²) in [6.45, 7) is 4.15. The highest BCUT2D eigenvalue weighted by atomic mass is 16.6. The van der Waals surface area contributed by atoms with Crippen LogP contribution in [0.15, 0.2) is 30.3 Å². The third-order valence-electron chi connectivity index (χ3n) is 6.32. The maximum Gasteiger partial charge on any atom is 0.409 e. The highest BCUT2D eigenvalue weighted by molar-refractivity contribution is 5.99. The van der Waals surface area contributed by atoms with Crippen LogP contribution < -0.4 is 10.1 Å². The van der Waals surface area contributed by atoms with Gasteiger partial charge in [0.1, 0.15) is 30.2 Å². The average Bonchev–Trinajstić information content (AvgIpc) is 3.78. The molecule has 204 valence electrons. The first-order valence-corrected chi connectivity index (χ1v) is 12.6. The number of nitrogens with zero attached hydrogens (tertiary/aromatic N) is 3. The summed E-state index contributed by atoms with van der Waals surface area (Å²) < 4.78 is 20.9. The van der Waals surface area contributed by atoms with Gasteiger partial charge in [-0.05, 0) is 25.5 Å². The van der Waals surface area contributed by atoms with Crippen LogP contribution in [0.2, 0.25) is 0 Å². The zero-order chi connectivity index (χ0) is 27.1. The molecule has 0 saturated carbocycles. The second-order valence-electron chi connectivity index (χ2n) is 8.94. The molecule has 2 aromatic rings. The Balaban J connectivity index is 1.48. The minimum Gasteiger partial charge on any atom is -0.490 e. The van der Waals surface area contributed by atoms with Gasteiger partial charge in [-0.3, -0.25) is 14.4 Å². The number of hydrogen-bond donors (Lipinski definition) is 1. The highest BCUT2D eigenvalue weighted by Gasteiger charge is 2.31. The summed E-state index contributed by atoms with van der Waals surface area (Å²) in [5.41, 5.74) is 0.651. The standard InChI is InChI=1S/C26H32N4O8/c1-3-36-26(34)30-12-10-29(11-13-30)25(33)20(8-9-23(31)35-2)28-24(32)21-14-22(38-16-17-15-37-17)18-6-4-5-7-19(18)27-21/h4-7,14,17,20H,3,8-13,15-16H2,1-2H3,(H,28,32). The number of hydrogen-bond acceptors (Lipinski definition) is 9. The number of pyridine rings is 1. The lowest BCUT2D eigenvalue weighted by atomic mass is 10.1. The zero-order valence-corrected chi connectivity index (χ0v) is 21.5. The second-order valence-corrected chi connectivity index (χ2v) is 8.94. The van der Waals surface area contributed by atoms with Crippen molar-refractivity contribution in [3.8, 4) is 5.75 Å². The van der Waals surface area contributed by atoms with Crippen LogP contribution in [-0.4, -0.2) is 104 Å². The van der Waals surface area contributed by atoms with E-state index in [1.54, 1.807) is 24.0 Å². The van der Waals surface area contributed by atoms with Crippen molar-refractivity contribution in [3.05, 3.63) is 36.0 Å². The Morgan fingerprint density at radius 1 is 1.13 bits per heavy atom. The molecule has 0 spiro atoms. The summed E-state index contributed by atoms with van der Waals surface area (Å²) >= 11 is 0. The van der Waals surface area contributed by atoms with Gasteiger partial charge in [-0.1, -0.05) is 12.1 Å². The molecule has 2 aliphatic rings. The van der Waals surface area contributed by atoms with Gasteiger partial charge in [0.05, 0.1) is 25.8 Å². The number of methoxy groups -OCH3 is 1. The summed E-state index contributed by atoms with van der Waals surface area (Å²) in [7, 11) is 1.26. The van der Waals surface area contributed by atoms with E-state index in [9.17, 15) is 19.2 Å². The Kier molecular flexibility index (Phi) is 8.95. The smallest absolute Gasteiger partial charge is 0.409 e. The fourth-order valence-corrected chi connectivity index (χ4v) is 4.12. The Bertz CT molecular complexity index is 1180. The van der Waals surface area contributed by atoms with Gasteiger partial charge in [-0.15, -0.1) is 0 Å². The Morgan fingerprint density at radius 3 is 2.53 bits per heavy atom. The fraction of sp³-hybridized carbons (Fsp3) is 0.500. The number of nitrogens with one attached hydrogen (secondary N) is 1. The molecule has 2 fully saturated rings. The van der Waals surface area contributed by atoms with Gasteiger partial charge < -0.3 is 34.1 Å². The number of benzene rings is 1. The lowest BCUT2D eigenvalue weighted by Gasteiger charge is -2.36. The lowest BCUT2D eigenvalue weighted by molar-refractivity contribution is -0.141. The third kappa shape index (κ3) is 6.88. The molecule has 2 saturated heterocycles. The quantitative estimate of drug-likeness (QED) is 0.358. The van der Waals surface area contributed by atoms with Crippen LogP contribution in [0, 0.1) is 0 Å². The molecule has 0 radical (unpaired) electrons. The van der Waals surface area contributed by atoms with Gasteiger partial charge in [-0.25, -0.2) is 9.78 Å². The van der Waals surface area contributed by atoms with Crippen LogP contribution in [0.5, 0.6) is 5.75 Å². The third-order valence-corrected chi connectivity index (χ3v) is 6.32. The topological polar surface area (TPSA) is 140 Å². The predicted molar refractivity (Wildman–Crippen MR) is 135 cm³/mol. The zero-order valence-electron chi connectivity index (χ0n) is 21.5. The first-order chi connectivity index (χ1) is 18.4. The maximum absolute atomic E-state index is 13.4. The molecule has 3 heterocycles. The van der Waals surface area contributed by atoms with Gasteiger partial charge in [0.2, 0.25) is 5.91 Å². The number of fused-ring (bicyclic) bond motifs is 1. The number of aromatic nitrogens is 1. The lowest BCUT2D eigenvalue weighted by Crippen LogP contribution is -2.56. The number of epoxide rings is 1. The molecule has 12 nitrogen and oxygen atoms in total. The van der Waals surface area contributed by atoms with Crippen molar-refractivity contribution < 1.29 is 38.1 Å². The number of carbonyl (C=O) groups is 4. The second kappa shape index (κ2) is 12.5. The number of rotatable bonds is 10. The first kappa shape index (κ1) is 27.1. The average molecular weight is 529 g/mol. The SMILES string of the molecule is CCOC(=O)N1CCN(C(=O)C(CCC(=O)OC)NC(=O)c2cc(OCC3CO3)c3ccccc3n2)CC1. The molecular weight excluding hydrogens is 496 g/mol. The summed E-state index contributed by atoms with van der Waals surface area (Å²) in [4.78, 5) is 58.1. The van der Waals surface area contributed by atoms with Crippen LogP contribution in [0.3, 0.4) is 0 Å². The normalized spacial score (nSPS) is 17.5. The molecule has 1 aromatic carbocycles. The summed E-state index contributed by atoms with van der Waals surface area (Å²) in [5, 5.41) is 3.50. The fourth-order valence-electron chi connectivity index (χ4n) is 4.12. The van der Waals surface area contributed by atoms with E-state index in [1.807, 2.05) is 18.2 Å². The Labute approximate surface area is 220 Å². The van der Waals surface area contributed by atoms with Crippen LogP contribution in [0.1, 0.15) is 30.3 Å². The van der Waals surface area contributed by atoms with E-state index in [-0.39, 0.29) is 50.2 Å².